The number of aromatic nitrogens is 2. The van der Waals surface area contributed by atoms with Crippen LogP contribution in [0.2, 0.25) is 0 Å². The number of ether oxygens (including phenoxy) is 1. The largest absolute Gasteiger partial charge is 0.461 e. The molecular weight excluding hydrogens is 380 g/mol. The number of carbonyl (C=O) groups excluding carboxylic acids is 1. The summed E-state index contributed by atoms with van der Waals surface area (Å²) < 4.78 is 68.9. The Bertz CT molecular complexity index is 1090. The molecule has 0 saturated carbocycles. The van der Waals surface area contributed by atoms with Crippen LogP contribution in [0, 0.1) is 0 Å². The van der Waals surface area contributed by atoms with Crippen molar-refractivity contribution in [2.24, 2.45) is 0 Å². The molecule has 0 saturated heterocycles. The average molecular weight is 392 g/mol. The molecule has 136 valence electrons. The summed E-state index contributed by atoms with van der Waals surface area (Å²) in [4.78, 5) is 22.1. The van der Waals surface area contributed by atoms with Gasteiger partial charge >= 0.3 is 5.97 Å². The molecule has 0 spiro atoms. The Morgan fingerprint density at radius 2 is 1.80 bits per heavy atom. The zero-order chi connectivity index (χ0) is 19.0. The fraction of sp³-hybridized carbons (Fsp3) is 0.167. The fourth-order valence-corrected chi connectivity index (χ4v) is 3.09. The van der Waals surface area contributed by atoms with Gasteiger partial charge in [-0.3, -0.25) is 19.0 Å². The monoisotopic (exact) mass is 392 g/mol. The van der Waals surface area contributed by atoms with Crippen LogP contribution in [-0.2, 0) is 25.0 Å². The van der Waals surface area contributed by atoms with Gasteiger partial charge in [-0.25, -0.2) is 9.48 Å². The minimum absolute atomic E-state index is 0.0144. The Kier molecular flexibility index (Phi) is 4.85. The van der Waals surface area contributed by atoms with Gasteiger partial charge in [-0.15, -0.1) is 0 Å². The van der Waals surface area contributed by atoms with Crippen LogP contribution in [0.15, 0.2) is 38.9 Å². The number of carbonyl (C=O) groups is 1. The molecule has 0 atom stereocenters. The highest BCUT2D eigenvalue weighted by Crippen LogP contribution is 2.22. The normalized spacial score (nSPS) is 12.1. The molecular formula is C12H12N2O9S2. The molecule has 11 nitrogen and oxygen atoms in total. The van der Waals surface area contributed by atoms with E-state index in [4.69, 9.17) is 4.55 Å². The lowest BCUT2D eigenvalue weighted by molar-refractivity contribution is 0.0519. The Labute approximate surface area is 141 Å². The maximum Gasteiger partial charge on any atom is 0.356 e. The van der Waals surface area contributed by atoms with Gasteiger partial charge in [0.2, 0.25) is 0 Å². The first-order valence-corrected chi connectivity index (χ1v) is 9.41. The zero-order valence-electron chi connectivity index (χ0n) is 12.5. The van der Waals surface area contributed by atoms with E-state index in [-0.39, 0.29) is 12.3 Å². The highest BCUT2D eigenvalue weighted by molar-refractivity contribution is 7.86. The second-order valence-corrected chi connectivity index (χ2v) is 7.46. The van der Waals surface area contributed by atoms with Gasteiger partial charge in [0, 0.05) is 6.07 Å². The predicted molar refractivity (Wildman–Crippen MR) is 82.0 cm³/mol. The number of hydrogen-bond acceptors (Lipinski definition) is 7. The Balaban J connectivity index is 2.77. The highest BCUT2D eigenvalue weighted by atomic mass is 32.2. The quantitative estimate of drug-likeness (QED) is 0.461. The number of nitrogens with zero attached hydrogens (tertiary/aromatic N) is 1. The van der Waals surface area contributed by atoms with Gasteiger partial charge in [-0.05, 0) is 25.1 Å². The Morgan fingerprint density at radius 3 is 2.32 bits per heavy atom. The van der Waals surface area contributed by atoms with Crippen LogP contribution in [0.4, 0.5) is 0 Å². The van der Waals surface area contributed by atoms with E-state index in [0.717, 1.165) is 12.1 Å². The molecule has 3 N–H and O–H groups in total. The van der Waals surface area contributed by atoms with E-state index in [2.05, 4.69) is 9.84 Å². The van der Waals surface area contributed by atoms with Crippen LogP contribution < -0.4 is 5.56 Å². The van der Waals surface area contributed by atoms with Crippen LogP contribution in [0.25, 0.3) is 5.69 Å². The molecule has 0 unspecified atom stereocenters. The van der Waals surface area contributed by atoms with Crippen molar-refractivity contribution in [2.45, 2.75) is 16.7 Å². The summed E-state index contributed by atoms with van der Waals surface area (Å²) in [6.45, 7) is 1.54. The summed E-state index contributed by atoms with van der Waals surface area (Å²) in [6, 6.07) is 2.85. The van der Waals surface area contributed by atoms with Gasteiger partial charge in [-0.1, -0.05) is 0 Å². The van der Waals surface area contributed by atoms with Crippen molar-refractivity contribution in [3.05, 3.63) is 40.3 Å². The van der Waals surface area contributed by atoms with Gasteiger partial charge in [0.1, 0.15) is 10.6 Å². The smallest absolute Gasteiger partial charge is 0.356 e. The maximum atomic E-state index is 12.0. The first kappa shape index (κ1) is 18.9. The molecule has 0 amide bonds. The molecule has 1 heterocycles. The first-order chi connectivity index (χ1) is 11.4. The van der Waals surface area contributed by atoms with E-state index in [1.807, 2.05) is 0 Å². The van der Waals surface area contributed by atoms with Crippen LogP contribution in [-0.4, -0.2) is 48.3 Å². The summed E-state index contributed by atoms with van der Waals surface area (Å²) in [6.07, 6.45) is 0. The standard InChI is InChI=1S/C12H12N2O9S2/c1-2-23-12(16)8-6-11(15)14(13-8)9-5-7(24(17,18)19)3-4-10(9)25(20,21)22/h3-6,13H,2H2,1H3,(H,17,18,19)(H,20,21,22). The Morgan fingerprint density at radius 1 is 1.16 bits per heavy atom. The number of aromatic amines is 1. The molecule has 2 rings (SSSR count). The topological polar surface area (TPSA) is 173 Å². The predicted octanol–water partition coefficient (Wildman–Crippen LogP) is -0.164. The average Bonchev–Trinajstić information content (AvgIpc) is 2.87. The maximum absolute atomic E-state index is 12.0. The lowest BCUT2D eigenvalue weighted by atomic mass is 10.3. The third-order valence-electron chi connectivity index (χ3n) is 2.96. The van der Waals surface area contributed by atoms with Crippen LogP contribution in [0.3, 0.4) is 0 Å². The van der Waals surface area contributed by atoms with Gasteiger partial charge < -0.3 is 4.74 Å². The van der Waals surface area contributed by atoms with E-state index >= 15 is 0 Å². The molecule has 0 fully saturated rings. The summed E-state index contributed by atoms with van der Waals surface area (Å²) >= 11 is 0. The molecule has 0 aliphatic rings. The lowest BCUT2D eigenvalue weighted by Crippen LogP contribution is -2.18. The van der Waals surface area contributed by atoms with Crippen molar-refractivity contribution < 1.29 is 35.5 Å². The molecule has 2 aromatic rings. The van der Waals surface area contributed by atoms with Gasteiger partial charge in [-0.2, -0.15) is 16.8 Å². The molecule has 13 heteroatoms. The molecule has 0 aliphatic carbocycles. The summed E-state index contributed by atoms with van der Waals surface area (Å²) in [5, 5.41) is 2.25. The fourth-order valence-electron chi connectivity index (χ4n) is 1.94. The van der Waals surface area contributed by atoms with Gasteiger partial charge in [0.05, 0.1) is 17.2 Å². The van der Waals surface area contributed by atoms with E-state index in [9.17, 15) is 31.0 Å². The Hall–Kier alpha value is -2.48. The molecule has 0 radical (unpaired) electrons. The van der Waals surface area contributed by atoms with Crippen molar-refractivity contribution in [1.29, 1.82) is 0 Å². The molecule has 0 aliphatic heterocycles. The minimum Gasteiger partial charge on any atom is -0.461 e. The lowest BCUT2D eigenvalue weighted by Gasteiger charge is -2.09. The summed E-state index contributed by atoms with van der Waals surface area (Å²) in [5.41, 5.74) is -1.87. The first-order valence-electron chi connectivity index (χ1n) is 6.53. The molecule has 25 heavy (non-hydrogen) atoms. The molecule has 1 aromatic carbocycles. The third-order valence-corrected chi connectivity index (χ3v) is 4.71. The van der Waals surface area contributed by atoms with E-state index in [0.29, 0.717) is 16.8 Å². The number of H-pyrrole nitrogens is 1. The number of rotatable bonds is 5. The second kappa shape index (κ2) is 6.44. The van der Waals surface area contributed by atoms with Crippen molar-refractivity contribution in [1.82, 2.24) is 9.78 Å². The number of benzene rings is 1. The van der Waals surface area contributed by atoms with Crippen LogP contribution >= 0.6 is 0 Å². The van der Waals surface area contributed by atoms with E-state index in [1.165, 1.54) is 6.92 Å². The van der Waals surface area contributed by atoms with Gasteiger partial charge in [0.25, 0.3) is 25.8 Å². The third kappa shape index (κ3) is 3.96. The molecule has 0 bridgehead atoms. The number of nitrogens with one attached hydrogen (secondary N) is 1. The summed E-state index contributed by atoms with van der Waals surface area (Å²) in [5.74, 6) is -0.905. The van der Waals surface area contributed by atoms with Crippen LogP contribution in [0.1, 0.15) is 17.4 Å². The van der Waals surface area contributed by atoms with Crippen molar-refractivity contribution in [2.75, 3.05) is 6.61 Å². The van der Waals surface area contributed by atoms with Crippen molar-refractivity contribution in [3.63, 3.8) is 0 Å². The van der Waals surface area contributed by atoms with Crippen molar-refractivity contribution in [3.8, 4) is 5.69 Å². The van der Waals surface area contributed by atoms with Crippen molar-refractivity contribution >= 4 is 26.2 Å². The second-order valence-electron chi connectivity index (χ2n) is 4.64. The van der Waals surface area contributed by atoms with E-state index in [1.54, 1.807) is 0 Å². The van der Waals surface area contributed by atoms with Gasteiger partial charge in [0.15, 0.2) is 0 Å². The van der Waals surface area contributed by atoms with E-state index < -0.39 is 47.2 Å². The number of esters is 1. The van der Waals surface area contributed by atoms with Crippen LogP contribution in [0.5, 0.6) is 0 Å². The SMILES string of the molecule is CCOC(=O)c1cc(=O)n(-c2cc(S(=O)(=O)O)ccc2S(=O)(=O)O)[nH]1. The zero-order valence-corrected chi connectivity index (χ0v) is 14.2. The number of hydrogen-bond donors (Lipinski definition) is 3. The highest BCUT2D eigenvalue weighted by Gasteiger charge is 2.23. The minimum atomic E-state index is -4.85. The summed E-state index contributed by atoms with van der Waals surface area (Å²) in [7, 11) is -9.58. The molecule has 1 aromatic heterocycles.